The largest absolute Gasteiger partial charge is 0.354 e. The molecule has 102 valence electrons. The van der Waals surface area contributed by atoms with Gasteiger partial charge in [-0.25, -0.2) is 9.78 Å². The standard InChI is InChI=1S/C16H12N4O/c1-11-7-8-19-14(9-11)17-10-13-15(19)18-16(21)20(13)12-5-3-2-4-6-12/h2-10H,1H3. The van der Waals surface area contributed by atoms with Crippen molar-refractivity contribution in [2.24, 2.45) is 0 Å². The van der Waals surface area contributed by atoms with Gasteiger partial charge in [-0.1, -0.05) is 18.2 Å². The smallest absolute Gasteiger partial charge is 0.284 e. The van der Waals surface area contributed by atoms with Crippen LogP contribution in [0.25, 0.3) is 22.9 Å². The van der Waals surface area contributed by atoms with Crippen LogP contribution in [0, 0.1) is 6.92 Å². The van der Waals surface area contributed by atoms with Crippen molar-refractivity contribution in [3.8, 4) is 17.2 Å². The second-order valence-corrected chi connectivity index (χ2v) is 4.96. The normalized spacial score (nSPS) is 11.3. The van der Waals surface area contributed by atoms with Gasteiger partial charge in [0, 0.05) is 6.20 Å². The lowest BCUT2D eigenvalue weighted by Crippen LogP contribution is -2.14. The molecule has 1 aromatic heterocycles. The van der Waals surface area contributed by atoms with E-state index >= 15 is 0 Å². The number of aromatic nitrogens is 4. The lowest BCUT2D eigenvalue weighted by molar-refractivity contribution is 0.995. The van der Waals surface area contributed by atoms with Crippen LogP contribution >= 0.6 is 0 Å². The molecular weight excluding hydrogens is 264 g/mol. The molecule has 1 aromatic carbocycles. The fourth-order valence-corrected chi connectivity index (χ4v) is 2.52. The van der Waals surface area contributed by atoms with E-state index in [-0.39, 0.29) is 5.69 Å². The fourth-order valence-electron chi connectivity index (χ4n) is 2.52. The SMILES string of the molecule is Cc1ccn2c3nc(=O)n(-c4ccccc4)c-3cnc2c1. The van der Waals surface area contributed by atoms with Crippen molar-refractivity contribution in [1.82, 2.24) is 18.9 Å². The highest BCUT2D eigenvalue weighted by atomic mass is 16.1. The van der Waals surface area contributed by atoms with E-state index in [0.29, 0.717) is 11.5 Å². The number of imidazole rings is 1. The van der Waals surface area contributed by atoms with Crippen LogP contribution in [0.2, 0.25) is 0 Å². The highest BCUT2D eigenvalue weighted by Gasteiger charge is 2.18. The van der Waals surface area contributed by atoms with Gasteiger partial charge in [-0.05, 0) is 36.8 Å². The molecule has 0 saturated carbocycles. The minimum absolute atomic E-state index is 0.293. The van der Waals surface area contributed by atoms with Crippen molar-refractivity contribution in [3.05, 3.63) is 70.9 Å². The Hall–Kier alpha value is -2.95. The Morgan fingerprint density at radius 1 is 1.10 bits per heavy atom. The van der Waals surface area contributed by atoms with Gasteiger partial charge >= 0.3 is 5.69 Å². The lowest BCUT2D eigenvalue weighted by Gasteiger charge is -2.09. The summed E-state index contributed by atoms with van der Waals surface area (Å²) in [5.41, 5.74) is 3.09. The zero-order valence-corrected chi connectivity index (χ0v) is 11.4. The third-order valence-electron chi connectivity index (χ3n) is 3.51. The van der Waals surface area contributed by atoms with Crippen molar-refractivity contribution in [1.29, 1.82) is 0 Å². The Morgan fingerprint density at radius 3 is 2.71 bits per heavy atom. The molecule has 0 saturated heterocycles. The average molecular weight is 276 g/mol. The van der Waals surface area contributed by atoms with Crippen molar-refractivity contribution in [2.45, 2.75) is 6.92 Å². The predicted octanol–water partition coefficient (Wildman–Crippen LogP) is 2.29. The molecule has 0 amide bonds. The third-order valence-corrected chi connectivity index (χ3v) is 3.51. The van der Waals surface area contributed by atoms with Gasteiger partial charge in [0.2, 0.25) is 0 Å². The molecule has 0 bridgehead atoms. The molecule has 0 aliphatic carbocycles. The minimum Gasteiger partial charge on any atom is -0.284 e. The van der Waals surface area contributed by atoms with Crippen molar-refractivity contribution in [2.75, 3.05) is 0 Å². The molecular formula is C16H12N4O. The minimum atomic E-state index is -0.293. The molecule has 5 heteroatoms. The molecule has 0 spiro atoms. The number of hydrogen-bond acceptors (Lipinski definition) is 3. The second kappa shape index (κ2) is 4.28. The first kappa shape index (κ1) is 11.8. The molecule has 0 N–H and O–H groups in total. The molecule has 5 nitrogen and oxygen atoms in total. The van der Waals surface area contributed by atoms with E-state index in [1.54, 1.807) is 10.8 Å². The first-order valence-electron chi connectivity index (χ1n) is 6.66. The van der Waals surface area contributed by atoms with Gasteiger partial charge in [0.25, 0.3) is 0 Å². The molecule has 0 radical (unpaired) electrons. The first-order valence-corrected chi connectivity index (χ1v) is 6.66. The summed E-state index contributed by atoms with van der Waals surface area (Å²) in [4.78, 5) is 20.9. The van der Waals surface area contributed by atoms with Crippen LogP contribution in [-0.2, 0) is 0 Å². The summed E-state index contributed by atoms with van der Waals surface area (Å²) in [6.45, 7) is 2.01. The van der Waals surface area contributed by atoms with Crippen LogP contribution in [-0.4, -0.2) is 18.9 Å². The maximum atomic E-state index is 12.3. The number of para-hydroxylation sites is 1. The van der Waals surface area contributed by atoms with Crippen LogP contribution in [0.1, 0.15) is 5.56 Å². The topological polar surface area (TPSA) is 52.2 Å². The number of pyridine rings is 1. The molecule has 4 rings (SSSR count). The van der Waals surface area contributed by atoms with E-state index in [1.165, 1.54) is 0 Å². The Morgan fingerprint density at radius 2 is 1.90 bits per heavy atom. The molecule has 2 aliphatic heterocycles. The monoisotopic (exact) mass is 276 g/mol. The van der Waals surface area contributed by atoms with Gasteiger partial charge < -0.3 is 0 Å². The summed E-state index contributed by atoms with van der Waals surface area (Å²) in [5.74, 6) is 0.619. The summed E-state index contributed by atoms with van der Waals surface area (Å²) in [7, 11) is 0. The van der Waals surface area contributed by atoms with Crippen molar-refractivity contribution < 1.29 is 0 Å². The van der Waals surface area contributed by atoms with Crippen LogP contribution in [0.4, 0.5) is 0 Å². The Labute approximate surface area is 120 Å². The number of aryl methyl sites for hydroxylation is 1. The maximum absolute atomic E-state index is 12.3. The summed E-state index contributed by atoms with van der Waals surface area (Å²) >= 11 is 0. The highest BCUT2D eigenvalue weighted by Crippen LogP contribution is 2.21. The molecule has 2 aliphatic rings. The fraction of sp³-hybridized carbons (Fsp3) is 0.0625. The van der Waals surface area contributed by atoms with Gasteiger partial charge in [-0.3, -0.25) is 8.97 Å². The molecule has 2 aromatic rings. The van der Waals surface area contributed by atoms with Gasteiger partial charge in [0.05, 0.1) is 11.9 Å². The molecule has 3 heterocycles. The summed E-state index contributed by atoms with van der Waals surface area (Å²) in [6, 6.07) is 13.4. The van der Waals surface area contributed by atoms with Gasteiger partial charge in [-0.2, -0.15) is 4.98 Å². The van der Waals surface area contributed by atoms with Crippen LogP contribution in [0.5, 0.6) is 0 Å². The summed E-state index contributed by atoms with van der Waals surface area (Å²) < 4.78 is 3.41. The van der Waals surface area contributed by atoms with Gasteiger partial charge in [0.1, 0.15) is 11.3 Å². The Bertz CT molecular complexity index is 969. The number of benzene rings is 1. The van der Waals surface area contributed by atoms with Crippen molar-refractivity contribution >= 4 is 5.65 Å². The number of hydrogen-bond donors (Lipinski definition) is 0. The molecule has 21 heavy (non-hydrogen) atoms. The highest BCUT2D eigenvalue weighted by molar-refractivity contribution is 5.60. The van der Waals surface area contributed by atoms with E-state index in [2.05, 4.69) is 9.97 Å². The molecule has 0 fully saturated rings. The second-order valence-electron chi connectivity index (χ2n) is 4.96. The van der Waals surface area contributed by atoms with E-state index in [9.17, 15) is 4.79 Å². The predicted molar refractivity (Wildman–Crippen MR) is 79.9 cm³/mol. The first-order chi connectivity index (χ1) is 10.2. The number of rotatable bonds is 1. The Balaban J connectivity index is 2.08. The Kier molecular flexibility index (Phi) is 2.41. The quantitative estimate of drug-likeness (QED) is 0.536. The maximum Gasteiger partial charge on any atom is 0.354 e. The van der Waals surface area contributed by atoms with E-state index in [0.717, 1.165) is 16.9 Å². The van der Waals surface area contributed by atoms with E-state index in [4.69, 9.17) is 0 Å². The molecule has 0 unspecified atom stereocenters. The summed E-state index contributed by atoms with van der Waals surface area (Å²) in [5, 5.41) is 0. The zero-order chi connectivity index (χ0) is 14.4. The zero-order valence-electron chi connectivity index (χ0n) is 11.4. The van der Waals surface area contributed by atoms with Crippen molar-refractivity contribution in [3.63, 3.8) is 0 Å². The van der Waals surface area contributed by atoms with Crippen LogP contribution in [0.15, 0.2) is 59.7 Å². The average Bonchev–Trinajstić information content (AvgIpc) is 2.84. The number of fused-ring (bicyclic) bond motifs is 3. The van der Waals surface area contributed by atoms with E-state index < -0.39 is 0 Å². The van der Waals surface area contributed by atoms with Crippen LogP contribution in [0.3, 0.4) is 0 Å². The van der Waals surface area contributed by atoms with E-state index in [1.807, 2.05) is 60.0 Å². The number of nitrogens with zero attached hydrogens (tertiary/aromatic N) is 4. The van der Waals surface area contributed by atoms with Gasteiger partial charge in [0.15, 0.2) is 5.82 Å². The third kappa shape index (κ3) is 1.74. The van der Waals surface area contributed by atoms with Gasteiger partial charge in [-0.15, -0.1) is 0 Å². The summed E-state index contributed by atoms with van der Waals surface area (Å²) in [6.07, 6.45) is 3.59. The molecule has 0 atom stereocenters. The lowest BCUT2D eigenvalue weighted by atomic mass is 10.2. The van der Waals surface area contributed by atoms with Crippen LogP contribution < -0.4 is 5.69 Å².